The summed E-state index contributed by atoms with van der Waals surface area (Å²) in [5.41, 5.74) is 1.99. The number of esters is 1. The molecule has 1 aromatic heterocycles. The Labute approximate surface area is 142 Å². The number of benzene rings is 1. The van der Waals surface area contributed by atoms with Gasteiger partial charge in [-0.2, -0.15) is 0 Å². The van der Waals surface area contributed by atoms with Gasteiger partial charge in [-0.05, 0) is 43.0 Å². The van der Waals surface area contributed by atoms with Gasteiger partial charge in [0.05, 0.1) is 0 Å². The number of hydrogen-bond acceptors (Lipinski definition) is 4. The van der Waals surface area contributed by atoms with E-state index in [-0.39, 0.29) is 11.6 Å². The molecule has 0 bridgehead atoms. The smallest absolute Gasteiger partial charge is 0.357 e. The predicted octanol–water partition coefficient (Wildman–Crippen LogP) is 3.78. The summed E-state index contributed by atoms with van der Waals surface area (Å²) in [4.78, 5) is 28.2. The molecular weight excluding hydrogens is 304 g/mol. The van der Waals surface area contributed by atoms with Crippen LogP contribution in [-0.4, -0.2) is 23.0 Å². The molecule has 24 heavy (non-hydrogen) atoms. The number of hydrogen-bond donors (Lipinski definition) is 1. The Balaban J connectivity index is 2.03. The minimum Gasteiger partial charge on any atom is -0.448 e. The summed E-state index contributed by atoms with van der Waals surface area (Å²) in [5, 5.41) is 2.85. The lowest BCUT2D eigenvalue weighted by molar-refractivity contribution is -0.123. The fraction of sp³-hybridized carbons (Fsp3) is 0.316. The second kappa shape index (κ2) is 8.24. The normalized spacial score (nSPS) is 13.0. The summed E-state index contributed by atoms with van der Waals surface area (Å²) in [6.45, 7) is 5.75. The van der Waals surface area contributed by atoms with Crippen molar-refractivity contribution in [3.05, 3.63) is 59.9 Å². The molecule has 0 aliphatic carbocycles. The van der Waals surface area contributed by atoms with Crippen LogP contribution in [0, 0.1) is 0 Å². The summed E-state index contributed by atoms with van der Waals surface area (Å²) in [6.07, 6.45) is 1.56. The van der Waals surface area contributed by atoms with Crippen LogP contribution in [0.3, 0.4) is 0 Å². The standard InChI is InChI=1S/C19H22N2O3/c1-4-13(2)15-9-5-6-10-16(15)21-18(22)14(3)24-19(23)17-11-7-8-12-20-17/h5-14H,4H2,1-3H3,(H,21,22)/t13-,14-/m0/s1. The Bertz CT molecular complexity index is 701. The molecule has 2 atom stereocenters. The zero-order valence-corrected chi connectivity index (χ0v) is 14.2. The molecule has 1 N–H and O–H groups in total. The van der Waals surface area contributed by atoms with Crippen molar-refractivity contribution in [3.8, 4) is 0 Å². The van der Waals surface area contributed by atoms with Crippen LogP contribution < -0.4 is 5.32 Å². The average molecular weight is 326 g/mol. The molecule has 1 aromatic carbocycles. The molecule has 1 heterocycles. The third-order valence-corrected chi connectivity index (χ3v) is 3.89. The van der Waals surface area contributed by atoms with Crippen molar-refractivity contribution in [3.63, 3.8) is 0 Å². The van der Waals surface area contributed by atoms with Gasteiger partial charge in [0.25, 0.3) is 5.91 Å². The highest BCUT2D eigenvalue weighted by Crippen LogP contribution is 2.26. The minimum absolute atomic E-state index is 0.178. The number of nitrogens with zero attached hydrogens (tertiary/aromatic N) is 1. The monoisotopic (exact) mass is 326 g/mol. The van der Waals surface area contributed by atoms with E-state index >= 15 is 0 Å². The Morgan fingerprint density at radius 3 is 2.50 bits per heavy atom. The topological polar surface area (TPSA) is 68.3 Å². The van der Waals surface area contributed by atoms with Gasteiger partial charge in [0.2, 0.25) is 0 Å². The Morgan fingerprint density at radius 2 is 1.83 bits per heavy atom. The fourth-order valence-electron chi connectivity index (χ4n) is 2.25. The quantitative estimate of drug-likeness (QED) is 0.820. The predicted molar refractivity (Wildman–Crippen MR) is 92.9 cm³/mol. The molecule has 0 unspecified atom stereocenters. The zero-order valence-electron chi connectivity index (χ0n) is 14.2. The van der Waals surface area contributed by atoms with E-state index in [2.05, 4.69) is 24.1 Å². The van der Waals surface area contributed by atoms with E-state index < -0.39 is 12.1 Å². The summed E-state index contributed by atoms with van der Waals surface area (Å²) >= 11 is 0. The molecule has 0 spiro atoms. The minimum atomic E-state index is -0.913. The molecule has 126 valence electrons. The molecule has 0 radical (unpaired) electrons. The highest BCUT2D eigenvalue weighted by Gasteiger charge is 2.21. The van der Waals surface area contributed by atoms with Crippen molar-refractivity contribution in [2.24, 2.45) is 0 Å². The first-order valence-corrected chi connectivity index (χ1v) is 8.04. The molecule has 0 saturated heterocycles. The number of ether oxygens (including phenoxy) is 1. The Morgan fingerprint density at radius 1 is 1.12 bits per heavy atom. The van der Waals surface area contributed by atoms with Crippen molar-refractivity contribution in [1.82, 2.24) is 4.98 Å². The van der Waals surface area contributed by atoms with Crippen LogP contribution in [0.4, 0.5) is 5.69 Å². The van der Waals surface area contributed by atoms with Crippen LogP contribution in [0.25, 0.3) is 0 Å². The van der Waals surface area contributed by atoms with E-state index in [0.717, 1.165) is 17.7 Å². The molecule has 1 amide bonds. The number of anilines is 1. The molecular formula is C19H22N2O3. The first kappa shape index (κ1) is 17.7. The number of rotatable bonds is 6. The molecule has 0 aliphatic rings. The van der Waals surface area contributed by atoms with Crippen LogP contribution >= 0.6 is 0 Å². The van der Waals surface area contributed by atoms with Crippen LogP contribution in [-0.2, 0) is 9.53 Å². The third kappa shape index (κ3) is 4.41. The van der Waals surface area contributed by atoms with Gasteiger partial charge in [0.1, 0.15) is 5.69 Å². The van der Waals surface area contributed by atoms with Crippen molar-refractivity contribution in [1.29, 1.82) is 0 Å². The van der Waals surface area contributed by atoms with Crippen LogP contribution in [0.15, 0.2) is 48.7 Å². The lowest BCUT2D eigenvalue weighted by atomic mass is 9.97. The molecule has 0 saturated carbocycles. The van der Waals surface area contributed by atoms with Gasteiger partial charge in [-0.25, -0.2) is 9.78 Å². The van der Waals surface area contributed by atoms with Gasteiger partial charge in [-0.3, -0.25) is 4.79 Å². The lowest BCUT2D eigenvalue weighted by Crippen LogP contribution is -2.30. The second-order valence-electron chi connectivity index (χ2n) is 5.65. The van der Waals surface area contributed by atoms with Gasteiger partial charge in [0.15, 0.2) is 6.10 Å². The molecule has 2 rings (SSSR count). The molecule has 5 nitrogen and oxygen atoms in total. The number of para-hydroxylation sites is 1. The van der Waals surface area contributed by atoms with Crippen molar-refractivity contribution in [2.75, 3.05) is 5.32 Å². The fourth-order valence-corrected chi connectivity index (χ4v) is 2.25. The maximum atomic E-state index is 12.3. The van der Waals surface area contributed by atoms with Gasteiger partial charge < -0.3 is 10.1 Å². The number of aromatic nitrogens is 1. The SMILES string of the molecule is CC[C@H](C)c1ccccc1NC(=O)[C@H](C)OC(=O)c1ccccn1. The van der Waals surface area contributed by atoms with E-state index in [1.54, 1.807) is 25.1 Å². The second-order valence-corrected chi connectivity index (χ2v) is 5.65. The first-order valence-electron chi connectivity index (χ1n) is 8.04. The highest BCUT2D eigenvalue weighted by atomic mass is 16.5. The maximum absolute atomic E-state index is 12.3. The van der Waals surface area contributed by atoms with E-state index in [9.17, 15) is 9.59 Å². The summed E-state index contributed by atoms with van der Waals surface area (Å²) < 4.78 is 5.18. The number of carbonyl (C=O) groups excluding carboxylic acids is 2. The number of nitrogens with one attached hydrogen (secondary N) is 1. The van der Waals surface area contributed by atoms with Crippen molar-refractivity contribution in [2.45, 2.75) is 39.2 Å². The van der Waals surface area contributed by atoms with Gasteiger partial charge >= 0.3 is 5.97 Å². The van der Waals surface area contributed by atoms with Gasteiger partial charge in [-0.1, -0.05) is 38.1 Å². The van der Waals surface area contributed by atoms with Gasteiger partial charge in [0, 0.05) is 11.9 Å². The summed E-state index contributed by atoms with van der Waals surface area (Å²) in [7, 11) is 0. The molecule has 0 aliphatic heterocycles. The summed E-state index contributed by atoms with van der Waals surface area (Å²) in [5.74, 6) is -0.656. The molecule has 5 heteroatoms. The Hall–Kier alpha value is -2.69. The zero-order chi connectivity index (χ0) is 17.5. The van der Waals surface area contributed by atoms with Crippen molar-refractivity contribution >= 4 is 17.6 Å². The highest BCUT2D eigenvalue weighted by molar-refractivity contribution is 5.97. The van der Waals surface area contributed by atoms with E-state index in [0.29, 0.717) is 5.92 Å². The van der Waals surface area contributed by atoms with Crippen LogP contribution in [0.5, 0.6) is 0 Å². The largest absolute Gasteiger partial charge is 0.448 e. The van der Waals surface area contributed by atoms with E-state index in [1.165, 1.54) is 6.20 Å². The Kier molecular flexibility index (Phi) is 6.07. The van der Waals surface area contributed by atoms with Crippen molar-refractivity contribution < 1.29 is 14.3 Å². The number of amides is 1. The van der Waals surface area contributed by atoms with Gasteiger partial charge in [-0.15, -0.1) is 0 Å². The number of carbonyl (C=O) groups is 2. The number of pyridine rings is 1. The van der Waals surface area contributed by atoms with E-state index in [1.807, 2.05) is 24.3 Å². The first-order chi connectivity index (χ1) is 11.5. The molecule has 2 aromatic rings. The molecule has 0 fully saturated rings. The summed E-state index contributed by atoms with van der Waals surface area (Å²) in [6, 6.07) is 12.6. The maximum Gasteiger partial charge on any atom is 0.357 e. The van der Waals surface area contributed by atoms with E-state index in [4.69, 9.17) is 4.74 Å². The van der Waals surface area contributed by atoms with Crippen LogP contribution in [0.1, 0.15) is 49.2 Å². The lowest BCUT2D eigenvalue weighted by Gasteiger charge is -2.18. The third-order valence-electron chi connectivity index (χ3n) is 3.89. The van der Waals surface area contributed by atoms with Crippen LogP contribution in [0.2, 0.25) is 0 Å². The average Bonchev–Trinajstić information content (AvgIpc) is 2.62.